The zero-order chi connectivity index (χ0) is 15.9. The summed E-state index contributed by atoms with van der Waals surface area (Å²) >= 11 is 0. The van der Waals surface area contributed by atoms with Gasteiger partial charge in [-0.15, -0.1) is 0 Å². The Bertz CT molecular complexity index is 284. The highest BCUT2D eigenvalue weighted by Crippen LogP contribution is 1.94. The van der Waals surface area contributed by atoms with Gasteiger partial charge in [0.25, 0.3) is 0 Å². The minimum Gasteiger partial charge on any atom is -0.382 e. The summed E-state index contributed by atoms with van der Waals surface area (Å²) in [5, 5.41) is 6.64. The van der Waals surface area contributed by atoms with Crippen LogP contribution in [0.2, 0.25) is 0 Å². The molecule has 0 atom stereocenters. The molecule has 0 aliphatic carbocycles. The van der Waals surface area contributed by atoms with Crippen LogP contribution < -0.4 is 10.6 Å². The fraction of sp³-hybridized carbons (Fsp3) is 0.933. The molecule has 0 spiro atoms. The third-order valence-electron chi connectivity index (χ3n) is 3.32. The van der Waals surface area contributed by atoms with Crippen molar-refractivity contribution in [1.29, 1.82) is 0 Å². The number of nitrogens with one attached hydrogen (secondary N) is 2. The average molecular weight is 316 g/mol. The molecule has 7 heteroatoms. The van der Waals surface area contributed by atoms with Crippen LogP contribution in [0.4, 0.5) is 0 Å². The molecular formula is C15H32N4O3. The maximum atomic E-state index is 5.42. The van der Waals surface area contributed by atoms with E-state index in [1.807, 2.05) is 0 Å². The first-order valence-electron chi connectivity index (χ1n) is 8.25. The lowest BCUT2D eigenvalue weighted by Gasteiger charge is -2.26. The van der Waals surface area contributed by atoms with Gasteiger partial charge in [-0.25, -0.2) is 0 Å². The third kappa shape index (κ3) is 9.94. The summed E-state index contributed by atoms with van der Waals surface area (Å²) in [4.78, 5) is 6.96. The van der Waals surface area contributed by atoms with E-state index >= 15 is 0 Å². The quantitative estimate of drug-likeness (QED) is 0.316. The number of guanidine groups is 1. The molecule has 1 rings (SSSR count). The van der Waals surface area contributed by atoms with E-state index in [-0.39, 0.29) is 0 Å². The second-order valence-corrected chi connectivity index (χ2v) is 5.10. The van der Waals surface area contributed by atoms with Gasteiger partial charge in [-0.1, -0.05) is 0 Å². The van der Waals surface area contributed by atoms with E-state index in [9.17, 15) is 0 Å². The number of methoxy groups -OCH3 is 1. The Labute approximate surface area is 134 Å². The van der Waals surface area contributed by atoms with E-state index in [1.54, 1.807) is 7.11 Å². The fourth-order valence-corrected chi connectivity index (χ4v) is 2.10. The Morgan fingerprint density at radius 3 is 2.73 bits per heavy atom. The lowest BCUT2D eigenvalue weighted by molar-refractivity contribution is 0.0389. The highest BCUT2D eigenvalue weighted by atomic mass is 16.5. The largest absolute Gasteiger partial charge is 0.382 e. The van der Waals surface area contributed by atoms with Crippen LogP contribution in [0.25, 0.3) is 0 Å². The van der Waals surface area contributed by atoms with Gasteiger partial charge in [0.05, 0.1) is 26.4 Å². The minimum atomic E-state index is 0.648. The number of morpholine rings is 1. The monoisotopic (exact) mass is 316 g/mol. The van der Waals surface area contributed by atoms with Gasteiger partial charge < -0.3 is 24.8 Å². The SMILES string of the molecule is CCNC(=NCCCOCCOC)NCCN1CCOCC1. The Morgan fingerprint density at radius 2 is 2.00 bits per heavy atom. The fourth-order valence-electron chi connectivity index (χ4n) is 2.10. The maximum absolute atomic E-state index is 5.42. The van der Waals surface area contributed by atoms with Crippen molar-refractivity contribution in [3.8, 4) is 0 Å². The second kappa shape index (κ2) is 13.8. The normalized spacial score (nSPS) is 16.7. The van der Waals surface area contributed by atoms with Crippen LogP contribution in [0.3, 0.4) is 0 Å². The average Bonchev–Trinajstić information content (AvgIpc) is 2.55. The molecule has 1 aliphatic heterocycles. The first-order valence-corrected chi connectivity index (χ1v) is 8.25. The van der Waals surface area contributed by atoms with Gasteiger partial charge in [-0.3, -0.25) is 9.89 Å². The van der Waals surface area contributed by atoms with Gasteiger partial charge in [0, 0.05) is 53.0 Å². The molecule has 0 bridgehead atoms. The van der Waals surface area contributed by atoms with Crippen molar-refractivity contribution in [2.24, 2.45) is 4.99 Å². The van der Waals surface area contributed by atoms with Crippen LogP contribution in [-0.4, -0.2) is 90.3 Å². The molecule has 22 heavy (non-hydrogen) atoms. The van der Waals surface area contributed by atoms with Crippen molar-refractivity contribution in [3.05, 3.63) is 0 Å². The zero-order valence-corrected chi connectivity index (χ0v) is 14.1. The topological polar surface area (TPSA) is 67.4 Å². The molecule has 0 unspecified atom stereocenters. The van der Waals surface area contributed by atoms with E-state index < -0.39 is 0 Å². The molecule has 0 aromatic heterocycles. The molecule has 0 saturated carbocycles. The number of hydrogen-bond acceptors (Lipinski definition) is 5. The molecule has 0 aromatic rings. The molecule has 7 nitrogen and oxygen atoms in total. The highest BCUT2D eigenvalue weighted by molar-refractivity contribution is 5.79. The van der Waals surface area contributed by atoms with E-state index in [1.165, 1.54) is 0 Å². The summed E-state index contributed by atoms with van der Waals surface area (Å²) in [6, 6.07) is 0. The standard InChI is InChI=1S/C15H32N4O3/c1-3-16-15(17-5-4-10-21-14-13-20-2)18-6-7-19-8-11-22-12-9-19/h3-14H2,1-2H3,(H2,16,17,18). The number of aliphatic imine (C=N–C) groups is 1. The smallest absolute Gasteiger partial charge is 0.191 e. The summed E-state index contributed by atoms with van der Waals surface area (Å²) in [5.74, 6) is 0.882. The summed E-state index contributed by atoms with van der Waals surface area (Å²) in [6.07, 6.45) is 0.920. The van der Waals surface area contributed by atoms with Crippen LogP contribution in [0.5, 0.6) is 0 Å². The van der Waals surface area contributed by atoms with Gasteiger partial charge in [0.1, 0.15) is 0 Å². The molecule has 0 amide bonds. The van der Waals surface area contributed by atoms with Crippen molar-refractivity contribution in [1.82, 2.24) is 15.5 Å². The zero-order valence-electron chi connectivity index (χ0n) is 14.1. The molecule has 130 valence electrons. The molecule has 1 heterocycles. The van der Waals surface area contributed by atoms with Gasteiger partial charge in [0.15, 0.2) is 5.96 Å². The Hall–Kier alpha value is -0.890. The Balaban J connectivity index is 2.09. The summed E-state index contributed by atoms with van der Waals surface area (Å²) in [6.45, 7) is 11.4. The number of hydrogen-bond donors (Lipinski definition) is 2. The van der Waals surface area contributed by atoms with Gasteiger partial charge in [-0.2, -0.15) is 0 Å². The Morgan fingerprint density at radius 1 is 1.18 bits per heavy atom. The predicted octanol–water partition coefficient (Wildman–Crippen LogP) is -0.0732. The lowest BCUT2D eigenvalue weighted by Crippen LogP contribution is -2.44. The van der Waals surface area contributed by atoms with E-state index in [0.717, 1.165) is 71.5 Å². The van der Waals surface area contributed by atoms with Crippen LogP contribution in [0.15, 0.2) is 4.99 Å². The molecule has 2 N–H and O–H groups in total. The number of ether oxygens (including phenoxy) is 3. The predicted molar refractivity (Wildman–Crippen MR) is 88.6 cm³/mol. The number of rotatable bonds is 11. The van der Waals surface area contributed by atoms with Crippen LogP contribution >= 0.6 is 0 Å². The van der Waals surface area contributed by atoms with Gasteiger partial charge in [0.2, 0.25) is 0 Å². The summed E-state index contributed by atoms with van der Waals surface area (Å²) in [7, 11) is 1.68. The van der Waals surface area contributed by atoms with Gasteiger partial charge in [-0.05, 0) is 13.3 Å². The molecule has 1 aliphatic rings. The van der Waals surface area contributed by atoms with E-state index in [0.29, 0.717) is 13.2 Å². The Kier molecular flexibility index (Phi) is 12.0. The van der Waals surface area contributed by atoms with Crippen LogP contribution in [0.1, 0.15) is 13.3 Å². The maximum Gasteiger partial charge on any atom is 0.191 e. The highest BCUT2D eigenvalue weighted by Gasteiger charge is 2.09. The summed E-state index contributed by atoms with van der Waals surface area (Å²) in [5.41, 5.74) is 0. The molecule has 1 saturated heterocycles. The second-order valence-electron chi connectivity index (χ2n) is 5.10. The van der Waals surface area contributed by atoms with E-state index in [4.69, 9.17) is 14.2 Å². The number of nitrogens with zero attached hydrogens (tertiary/aromatic N) is 2. The van der Waals surface area contributed by atoms with Crippen molar-refractivity contribution in [2.75, 3.05) is 79.4 Å². The molecule has 0 aromatic carbocycles. The van der Waals surface area contributed by atoms with Crippen molar-refractivity contribution >= 4 is 5.96 Å². The van der Waals surface area contributed by atoms with Crippen LogP contribution in [0, 0.1) is 0 Å². The van der Waals surface area contributed by atoms with Crippen molar-refractivity contribution < 1.29 is 14.2 Å². The third-order valence-corrected chi connectivity index (χ3v) is 3.32. The lowest BCUT2D eigenvalue weighted by atomic mass is 10.4. The molecule has 1 fully saturated rings. The first kappa shape index (κ1) is 19.2. The minimum absolute atomic E-state index is 0.648. The molecule has 0 radical (unpaired) electrons. The molecular weight excluding hydrogens is 284 g/mol. The van der Waals surface area contributed by atoms with Crippen LogP contribution in [-0.2, 0) is 14.2 Å². The first-order chi connectivity index (χ1) is 10.9. The van der Waals surface area contributed by atoms with Crippen molar-refractivity contribution in [2.45, 2.75) is 13.3 Å². The van der Waals surface area contributed by atoms with Gasteiger partial charge >= 0.3 is 0 Å². The van der Waals surface area contributed by atoms with Crippen molar-refractivity contribution in [3.63, 3.8) is 0 Å². The van der Waals surface area contributed by atoms with E-state index in [2.05, 4.69) is 27.4 Å². The summed E-state index contributed by atoms with van der Waals surface area (Å²) < 4.78 is 15.7.